The predicted molar refractivity (Wildman–Crippen MR) is 63.9 cm³/mol. The lowest BCUT2D eigenvalue weighted by atomic mass is 9.94. The molecule has 0 N–H and O–H groups in total. The summed E-state index contributed by atoms with van der Waals surface area (Å²) in [5.74, 6) is 1.12. The van der Waals surface area contributed by atoms with Crippen molar-refractivity contribution in [2.45, 2.75) is 26.7 Å². The molecular weight excluding hydrogens is 202 g/mol. The molecule has 0 fully saturated rings. The third kappa shape index (κ3) is 2.71. The number of isocyanates is 1. The van der Waals surface area contributed by atoms with Crippen LogP contribution in [0.1, 0.15) is 29.5 Å². The van der Waals surface area contributed by atoms with Crippen LogP contribution in [-0.4, -0.2) is 19.7 Å². The summed E-state index contributed by atoms with van der Waals surface area (Å²) in [7, 11) is 1.67. The van der Waals surface area contributed by atoms with Crippen LogP contribution in [0, 0.1) is 13.8 Å². The van der Waals surface area contributed by atoms with Crippen LogP contribution in [-0.2, 0) is 4.79 Å². The highest BCUT2D eigenvalue weighted by molar-refractivity contribution is 5.43. The second-order valence-electron chi connectivity index (χ2n) is 4.01. The molecule has 3 heteroatoms. The second kappa shape index (κ2) is 5.47. The molecule has 0 saturated carbocycles. The first-order valence-corrected chi connectivity index (χ1v) is 5.29. The average Bonchev–Trinajstić information content (AvgIpc) is 2.28. The van der Waals surface area contributed by atoms with Gasteiger partial charge in [0.1, 0.15) is 5.75 Å². The molecule has 0 amide bonds. The molecule has 0 aliphatic rings. The number of nitrogens with zero attached hydrogens (tertiary/aromatic N) is 1. The first-order valence-electron chi connectivity index (χ1n) is 5.29. The molecule has 86 valence electrons. The van der Waals surface area contributed by atoms with Crippen LogP contribution in [0.2, 0.25) is 0 Å². The van der Waals surface area contributed by atoms with E-state index >= 15 is 0 Å². The van der Waals surface area contributed by atoms with Gasteiger partial charge in [-0.05, 0) is 36.6 Å². The molecule has 0 heterocycles. The zero-order valence-electron chi connectivity index (χ0n) is 10.2. The Morgan fingerprint density at radius 3 is 2.62 bits per heavy atom. The van der Waals surface area contributed by atoms with Crippen molar-refractivity contribution in [1.29, 1.82) is 0 Å². The van der Waals surface area contributed by atoms with Crippen LogP contribution in [0.3, 0.4) is 0 Å². The van der Waals surface area contributed by atoms with Gasteiger partial charge in [0.05, 0.1) is 13.7 Å². The number of aliphatic imine (C=N–C) groups is 1. The fraction of sp³-hybridized carbons (Fsp3) is 0.462. The van der Waals surface area contributed by atoms with E-state index in [0.717, 1.165) is 16.9 Å². The van der Waals surface area contributed by atoms with Crippen molar-refractivity contribution in [1.82, 2.24) is 0 Å². The van der Waals surface area contributed by atoms with E-state index in [0.29, 0.717) is 6.54 Å². The van der Waals surface area contributed by atoms with Crippen LogP contribution >= 0.6 is 0 Å². The third-order valence-electron chi connectivity index (χ3n) is 2.74. The summed E-state index contributed by atoms with van der Waals surface area (Å²) in [5.41, 5.74) is 3.47. The normalized spacial score (nSPS) is 11.8. The van der Waals surface area contributed by atoms with Crippen molar-refractivity contribution in [3.05, 3.63) is 28.8 Å². The van der Waals surface area contributed by atoms with Crippen LogP contribution in [0.15, 0.2) is 17.1 Å². The van der Waals surface area contributed by atoms with E-state index in [1.165, 1.54) is 5.56 Å². The number of hydrogen-bond acceptors (Lipinski definition) is 3. The third-order valence-corrected chi connectivity index (χ3v) is 2.74. The molecule has 0 radical (unpaired) electrons. The zero-order chi connectivity index (χ0) is 12.1. The van der Waals surface area contributed by atoms with Crippen LogP contribution < -0.4 is 4.74 Å². The Hall–Kier alpha value is -1.60. The number of ether oxygens (including phenoxy) is 1. The number of benzene rings is 1. The first-order chi connectivity index (χ1) is 7.60. The van der Waals surface area contributed by atoms with Gasteiger partial charge in [0.2, 0.25) is 6.08 Å². The number of aryl methyl sites for hydroxylation is 2. The molecular formula is C13H17NO2. The predicted octanol–water partition coefficient (Wildman–Crippen LogP) is 2.75. The van der Waals surface area contributed by atoms with Gasteiger partial charge in [-0.3, -0.25) is 0 Å². The summed E-state index contributed by atoms with van der Waals surface area (Å²) < 4.78 is 5.26. The molecule has 1 aromatic carbocycles. The summed E-state index contributed by atoms with van der Waals surface area (Å²) >= 11 is 0. The molecule has 1 aromatic rings. The second-order valence-corrected chi connectivity index (χ2v) is 4.01. The van der Waals surface area contributed by atoms with Gasteiger partial charge >= 0.3 is 0 Å². The summed E-state index contributed by atoms with van der Waals surface area (Å²) in [6.45, 7) is 6.58. The van der Waals surface area contributed by atoms with Crippen LogP contribution in [0.5, 0.6) is 5.75 Å². The highest BCUT2D eigenvalue weighted by atomic mass is 16.5. The van der Waals surface area contributed by atoms with Crippen molar-refractivity contribution in [2.24, 2.45) is 4.99 Å². The summed E-state index contributed by atoms with van der Waals surface area (Å²) in [4.78, 5) is 13.7. The molecule has 0 bridgehead atoms. The quantitative estimate of drug-likeness (QED) is 0.577. The Morgan fingerprint density at radius 1 is 1.38 bits per heavy atom. The van der Waals surface area contributed by atoms with Crippen molar-refractivity contribution in [3.63, 3.8) is 0 Å². The number of methoxy groups -OCH3 is 1. The number of hydrogen-bond donors (Lipinski definition) is 0. The maximum atomic E-state index is 10.1. The van der Waals surface area contributed by atoms with Crippen LogP contribution in [0.4, 0.5) is 0 Å². The van der Waals surface area contributed by atoms with Crippen molar-refractivity contribution >= 4 is 6.08 Å². The van der Waals surface area contributed by atoms with Crippen molar-refractivity contribution in [2.75, 3.05) is 13.7 Å². The summed E-state index contributed by atoms with van der Waals surface area (Å²) in [5, 5.41) is 0. The van der Waals surface area contributed by atoms with Gasteiger partial charge in [-0.15, -0.1) is 0 Å². The Balaban J connectivity index is 3.05. The molecule has 16 heavy (non-hydrogen) atoms. The topological polar surface area (TPSA) is 38.7 Å². The molecule has 1 unspecified atom stereocenters. The monoisotopic (exact) mass is 219 g/mol. The Morgan fingerprint density at radius 2 is 2.06 bits per heavy atom. The minimum Gasteiger partial charge on any atom is -0.496 e. The van der Waals surface area contributed by atoms with Gasteiger partial charge in [0.15, 0.2) is 0 Å². The van der Waals surface area contributed by atoms with Gasteiger partial charge in [-0.1, -0.05) is 13.0 Å². The van der Waals surface area contributed by atoms with Gasteiger partial charge in [0.25, 0.3) is 0 Å². The minimum absolute atomic E-state index is 0.228. The Kier molecular flexibility index (Phi) is 4.27. The molecule has 0 spiro atoms. The van der Waals surface area contributed by atoms with E-state index in [1.54, 1.807) is 13.2 Å². The van der Waals surface area contributed by atoms with Gasteiger partial charge in [-0.25, -0.2) is 9.79 Å². The SMILES string of the molecule is COc1cc(C)c(C(C)CN=C=O)cc1C. The standard InChI is InChI=1S/C13H17NO2/c1-9-6-13(16-4)10(2)5-12(9)11(3)7-14-8-15/h5-6,11H,7H2,1-4H3. The van der Waals surface area contributed by atoms with Crippen molar-refractivity contribution in [3.8, 4) is 5.75 Å². The highest BCUT2D eigenvalue weighted by Crippen LogP contribution is 2.27. The molecule has 1 rings (SSSR count). The fourth-order valence-electron chi connectivity index (χ4n) is 1.84. The van der Waals surface area contributed by atoms with E-state index < -0.39 is 0 Å². The van der Waals surface area contributed by atoms with Gasteiger partial charge in [0, 0.05) is 5.92 Å². The lowest BCUT2D eigenvalue weighted by Crippen LogP contribution is -2.02. The molecule has 0 aromatic heterocycles. The van der Waals surface area contributed by atoms with Crippen LogP contribution in [0.25, 0.3) is 0 Å². The van der Waals surface area contributed by atoms with E-state index in [9.17, 15) is 4.79 Å². The van der Waals surface area contributed by atoms with Crippen molar-refractivity contribution < 1.29 is 9.53 Å². The van der Waals surface area contributed by atoms with E-state index in [4.69, 9.17) is 4.74 Å². The summed E-state index contributed by atoms with van der Waals surface area (Å²) in [6, 6.07) is 4.12. The lowest BCUT2D eigenvalue weighted by molar-refractivity contribution is 0.411. The van der Waals surface area contributed by atoms with Gasteiger partial charge in [-0.2, -0.15) is 0 Å². The number of carbonyl (C=O) groups excluding carboxylic acids is 1. The fourth-order valence-corrected chi connectivity index (χ4v) is 1.84. The highest BCUT2D eigenvalue weighted by Gasteiger charge is 2.10. The summed E-state index contributed by atoms with van der Waals surface area (Å²) in [6.07, 6.45) is 1.58. The molecule has 1 atom stereocenters. The Bertz CT molecular complexity index is 420. The maximum Gasteiger partial charge on any atom is 0.234 e. The molecule has 0 aliphatic carbocycles. The Labute approximate surface area is 96.2 Å². The molecule has 0 aliphatic heterocycles. The first kappa shape index (κ1) is 12.5. The van der Waals surface area contributed by atoms with Gasteiger partial charge < -0.3 is 4.74 Å². The maximum absolute atomic E-state index is 10.1. The largest absolute Gasteiger partial charge is 0.496 e. The molecule has 0 saturated heterocycles. The van der Waals surface area contributed by atoms with E-state index in [-0.39, 0.29) is 5.92 Å². The van der Waals surface area contributed by atoms with E-state index in [1.807, 2.05) is 19.9 Å². The average molecular weight is 219 g/mol. The molecule has 3 nitrogen and oxygen atoms in total. The zero-order valence-corrected chi connectivity index (χ0v) is 10.2. The lowest BCUT2D eigenvalue weighted by Gasteiger charge is -2.15. The van der Waals surface area contributed by atoms with E-state index in [2.05, 4.69) is 18.0 Å². The smallest absolute Gasteiger partial charge is 0.234 e. The minimum atomic E-state index is 0.228. The number of rotatable bonds is 4.